The summed E-state index contributed by atoms with van der Waals surface area (Å²) in [7, 11) is 0. The minimum Gasteiger partial charge on any atom is -0.310 e. The Balaban J connectivity index is 1.11. The van der Waals surface area contributed by atoms with Crippen LogP contribution in [-0.2, 0) is 54.1 Å². The molecule has 0 N–H and O–H groups in total. The van der Waals surface area contributed by atoms with Crippen LogP contribution in [0.4, 0.5) is 34.1 Å². The Hall–Kier alpha value is -11.7. The number of hydrogen-bond acceptors (Lipinski definition) is 2. The predicted molar refractivity (Wildman–Crippen MR) is 563 cm³/mol. The molecule has 0 saturated carbocycles. The lowest BCUT2D eigenvalue weighted by atomic mass is 9.33. The molecule has 16 aromatic rings. The third kappa shape index (κ3) is 15.5. The van der Waals surface area contributed by atoms with E-state index in [-0.39, 0.29) is 83.9 Å². The van der Waals surface area contributed by atoms with Gasteiger partial charge in [0.1, 0.15) is 0 Å². The largest absolute Gasteiger partial charge is 0.310 e. The van der Waals surface area contributed by atoms with Gasteiger partial charge in [-0.1, -0.05) is 402 Å². The van der Waals surface area contributed by atoms with Gasteiger partial charge in [-0.2, -0.15) is 0 Å². The molecule has 654 valence electrons. The Morgan fingerprint density at radius 1 is 0.233 bits per heavy atom. The Morgan fingerprint density at radius 2 is 0.558 bits per heavy atom. The maximum Gasteiger partial charge on any atom is 0.252 e. The predicted octanol–water partition coefficient (Wildman–Crippen LogP) is 33.3. The van der Waals surface area contributed by atoms with Crippen molar-refractivity contribution in [2.45, 2.75) is 262 Å². The Kier molecular flexibility index (Phi) is 19.3. The van der Waals surface area contributed by atoms with Gasteiger partial charge in [0.25, 0.3) is 6.71 Å². The average molecular weight is 1700 g/mol. The summed E-state index contributed by atoms with van der Waals surface area (Å²) in [5.41, 5.74) is 34.5. The quantitative estimate of drug-likeness (QED) is 0.134. The van der Waals surface area contributed by atoms with Crippen LogP contribution in [0.1, 0.15) is 270 Å². The van der Waals surface area contributed by atoms with E-state index < -0.39 is 12.8 Å². The molecule has 0 unspecified atom stereocenters. The number of nitrogens with zero attached hydrogens (tertiary/aromatic N) is 4. The maximum absolute atomic E-state index is 10.1. The van der Waals surface area contributed by atoms with Gasteiger partial charge in [-0.15, -0.1) is 0 Å². The lowest BCUT2D eigenvalue weighted by Crippen LogP contribution is -2.61. The summed E-state index contributed by atoms with van der Waals surface area (Å²) in [5, 5.41) is 4.72. The molecule has 0 radical (unpaired) electrons. The molecule has 0 bridgehead atoms. The van der Waals surface area contributed by atoms with Crippen molar-refractivity contribution in [3.05, 3.63) is 329 Å². The summed E-state index contributed by atoms with van der Waals surface area (Å²) >= 11 is 0. The van der Waals surface area contributed by atoms with Crippen molar-refractivity contribution < 1.29 is 6.85 Å². The van der Waals surface area contributed by atoms with Gasteiger partial charge >= 0.3 is 0 Å². The van der Waals surface area contributed by atoms with E-state index in [4.69, 9.17) is 1.37 Å². The van der Waals surface area contributed by atoms with Crippen molar-refractivity contribution in [3.63, 3.8) is 0 Å². The van der Waals surface area contributed by atoms with Crippen LogP contribution in [0.5, 0.6) is 0 Å². The van der Waals surface area contributed by atoms with E-state index in [2.05, 4.69) is 463 Å². The van der Waals surface area contributed by atoms with Gasteiger partial charge in [-0.3, -0.25) is 0 Å². The Bertz CT molecular complexity index is 7300. The molecule has 18 rings (SSSR count). The third-order valence-electron chi connectivity index (χ3n) is 27.9. The first-order valence-electron chi connectivity index (χ1n) is 49.5. The van der Waals surface area contributed by atoms with Gasteiger partial charge in [-0.05, 0) is 238 Å². The number of fused-ring (bicyclic) bond motifs is 10. The minimum atomic E-state index is -0.537. The third-order valence-corrected chi connectivity index (χ3v) is 27.9. The fourth-order valence-corrected chi connectivity index (χ4v) is 20.4. The first-order valence-corrected chi connectivity index (χ1v) is 47.0. The second-order valence-electron chi connectivity index (χ2n) is 47.7. The highest BCUT2D eigenvalue weighted by atomic mass is 15.2. The molecular formula is C124H135BN4. The number of benzene rings is 14. The molecular weight excluding hydrogens is 1560 g/mol. The van der Waals surface area contributed by atoms with Crippen molar-refractivity contribution in [1.29, 1.82) is 0 Å². The highest BCUT2D eigenvalue weighted by Crippen LogP contribution is 2.58. The monoisotopic (exact) mass is 1700 g/mol. The van der Waals surface area contributed by atoms with Gasteiger partial charge in [0, 0.05) is 72.2 Å². The van der Waals surface area contributed by atoms with Crippen molar-refractivity contribution in [3.8, 4) is 67.0 Å². The molecule has 2 aliphatic heterocycles. The maximum atomic E-state index is 10.1. The minimum absolute atomic E-state index is 0.132. The Labute approximate surface area is 779 Å². The molecule has 129 heavy (non-hydrogen) atoms. The molecule has 14 aromatic carbocycles. The molecule has 0 amide bonds. The van der Waals surface area contributed by atoms with E-state index in [1.165, 1.54) is 66.4 Å². The highest BCUT2D eigenvalue weighted by molar-refractivity contribution is 7.00. The van der Waals surface area contributed by atoms with Gasteiger partial charge in [0.15, 0.2) is 0 Å². The molecule has 0 spiro atoms. The highest BCUT2D eigenvalue weighted by Gasteiger charge is 2.47. The number of anilines is 6. The van der Waals surface area contributed by atoms with Crippen LogP contribution in [0.2, 0.25) is 0 Å². The zero-order chi connectivity index (χ0) is 96.6. The van der Waals surface area contributed by atoms with Crippen LogP contribution in [0.15, 0.2) is 273 Å². The summed E-state index contributed by atoms with van der Waals surface area (Å²) in [5.74, 6) is 0. The zero-order valence-corrected chi connectivity index (χ0v) is 82.5. The summed E-state index contributed by atoms with van der Waals surface area (Å²) in [6.45, 7) is 69.3. The van der Waals surface area contributed by atoms with E-state index in [0.29, 0.717) is 5.56 Å². The summed E-state index contributed by atoms with van der Waals surface area (Å²) in [4.78, 5) is 5.32. The van der Waals surface area contributed by atoms with Crippen LogP contribution in [0.25, 0.3) is 111 Å². The number of para-hydroxylation sites is 2. The molecule has 2 aliphatic rings. The molecule has 5 heteroatoms. The number of rotatable bonds is 9. The molecule has 4 heterocycles. The van der Waals surface area contributed by atoms with Crippen molar-refractivity contribution in [1.82, 2.24) is 9.13 Å². The molecule has 2 aromatic heterocycles. The van der Waals surface area contributed by atoms with Gasteiger partial charge in [-0.25, -0.2) is 0 Å². The molecule has 4 nitrogen and oxygen atoms in total. The normalized spacial score (nSPS) is 14.3. The van der Waals surface area contributed by atoms with Gasteiger partial charge in [0.2, 0.25) is 0 Å². The standard InChI is InChI=1S/C124H135BN4/c1-115(2,3)80-50-45-77(46-51-80)89-39-34-41-92(91-60-54-86(121(19,20)21)72-100(91)124(28,29)30)113(89)129-108-73-87(126-103-63-55-82(117(7,8)9)68-94(103)95-69-83(118(10,11)12)56-64-104(95)126)59-62-102(108)125-101-61-49-79(76-37-32-31-33-38-76)67-107(101)128(109-74-88(75-110(129)112(109)125)127-105-65-57-84(119(13,14)15)70-96(105)97-71-85(120(16,17)18)58-66-106(97)127)114-90(78-47-52-81(53-48-78)116(4,5)6)40-35-42-93(114)111-98(122(22,23)24)43-36-44-99(111)123(25,26)27/h31-75H,1-30H3/i31D,32D,33D,37D,38D. The molecule has 0 saturated heterocycles. The topological polar surface area (TPSA) is 16.3 Å². The zero-order valence-electron chi connectivity index (χ0n) is 87.5. The van der Waals surface area contributed by atoms with Crippen LogP contribution in [-0.4, -0.2) is 15.8 Å². The first-order chi connectivity index (χ1) is 62.4. The van der Waals surface area contributed by atoms with Crippen molar-refractivity contribution in [2.24, 2.45) is 0 Å². The van der Waals surface area contributed by atoms with E-state index >= 15 is 0 Å². The van der Waals surface area contributed by atoms with E-state index in [1.807, 2.05) is 6.07 Å². The van der Waals surface area contributed by atoms with Gasteiger partial charge in [0.05, 0.1) is 46.0 Å². The van der Waals surface area contributed by atoms with E-state index in [9.17, 15) is 5.48 Å². The average Bonchev–Trinajstić information content (AvgIpc) is 0.875. The SMILES string of the molecule is [2H]c1c([2H])c([2H])c(-c2ccc3c(c2)N(c2c(-c4ccc(C(C)(C)C)cc4)cccc2-c2c(C(C)(C)C)cccc2C(C)(C)C)c2cc(-n4c5ccc(C(C)(C)C)cc5c5cc(C(C)(C)C)ccc54)cc4c2B3c2ccc(-n3c5ccc(C(C)(C)C)cc5c5cc(C(C)(C)C)ccc53)cc2N4c2c(-c3ccc(C(C)(C)C)cc3)cccc2-c2ccc(C(C)(C)C)cc2C(C)(C)C)c([2H])c1[2H]. The van der Waals surface area contributed by atoms with E-state index in [1.54, 1.807) is 0 Å². The fourth-order valence-electron chi connectivity index (χ4n) is 20.4. The fraction of sp³-hybridized carbons (Fsp3) is 0.323. The van der Waals surface area contributed by atoms with Crippen LogP contribution in [0.3, 0.4) is 0 Å². The van der Waals surface area contributed by atoms with Crippen LogP contribution >= 0.6 is 0 Å². The lowest BCUT2D eigenvalue weighted by Gasteiger charge is -2.46. The van der Waals surface area contributed by atoms with Gasteiger partial charge < -0.3 is 18.9 Å². The summed E-state index contributed by atoms with van der Waals surface area (Å²) < 4.78 is 53.3. The van der Waals surface area contributed by atoms with Crippen LogP contribution in [0, 0.1) is 0 Å². The van der Waals surface area contributed by atoms with Crippen molar-refractivity contribution >= 4 is 101 Å². The smallest absolute Gasteiger partial charge is 0.252 e. The Morgan fingerprint density at radius 3 is 0.961 bits per heavy atom. The number of hydrogen-bond donors (Lipinski definition) is 0. The first kappa shape index (κ1) is 81.8. The van der Waals surface area contributed by atoms with Crippen LogP contribution < -0.4 is 26.2 Å². The summed E-state index contributed by atoms with van der Waals surface area (Å²) in [6.07, 6.45) is 0. The van der Waals surface area contributed by atoms with E-state index in [0.717, 1.165) is 139 Å². The van der Waals surface area contributed by atoms with Crippen molar-refractivity contribution in [2.75, 3.05) is 9.80 Å². The molecule has 0 fully saturated rings. The summed E-state index contributed by atoms with van der Waals surface area (Å²) in [6, 6.07) is 93.0. The second kappa shape index (κ2) is 30.5. The lowest BCUT2D eigenvalue weighted by molar-refractivity contribution is 0.569. The second-order valence-corrected chi connectivity index (χ2v) is 47.7. The molecule has 0 atom stereocenters. The number of aromatic nitrogens is 2. The molecule has 0 aliphatic carbocycles.